The number of rotatable bonds is 5. The Balaban J connectivity index is 1.46. The first-order valence-electron chi connectivity index (χ1n) is 9.00. The summed E-state index contributed by atoms with van der Waals surface area (Å²) in [7, 11) is 0. The van der Waals surface area contributed by atoms with Crippen LogP contribution in [0.25, 0.3) is 17.0 Å². The average Bonchev–Trinajstić information content (AvgIpc) is 3.34. The lowest BCUT2D eigenvalue weighted by atomic mass is 10.2. The van der Waals surface area contributed by atoms with Crippen molar-refractivity contribution >= 4 is 11.0 Å². The fraction of sp³-hybridized carbons (Fsp3) is 0.0952. The number of hydrogen-bond acceptors (Lipinski definition) is 4. The van der Waals surface area contributed by atoms with Gasteiger partial charge >= 0.3 is 0 Å². The van der Waals surface area contributed by atoms with Gasteiger partial charge in [0, 0.05) is 12.4 Å². The maximum absolute atomic E-state index is 4.35. The standard InChI is InChI=1S/C21H17N7/c1-2-7-17(8-3-1)13-27-15-18(24-25-27)14-26-16-28(21-22-11-6-12-23-21)20-10-5-4-9-19(20)26/h1-12,15H,13-14H2. The molecule has 0 radical (unpaired) electrons. The van der Waals surface area contributed by atoms with Crippen molar-refractivity contribution in [2.24, 2.45) is 0 Å². The molecule has 3 aromatic heterocycles. The van der Waals surface area contributed by atoms with E-state index < -0.39 is 0 Å². The van der Waals surface area contributed by atoms with Crippen molar-refractivity contribution in [3.05, 3.63) is 96.8 Å². The lowest BCUT2D eigenvalue weighted by Gasteiger charge is -2.00. The lowest BCUT2D eigenvalue weighted by Crippen LogP contribution is -2.33. The molecule has 7 heteroatoms. The van der Waals surface area contributed by atoms with Crippen LogP contribution in [0.5, 0.6) is 0 Å². The number of fused-ring (bicyclic) bond motifs is 1. The van der Waals surface area contributed by atoms with Crippen molar-refractivity contribution in [1.29, 1.82) is 0 Å². The molecule has 0 N–H and O–H groups in total. The Morgan fingerprint density at radius 2 is 1.68 bits per heavy atom. The van der Waals surface area contributed by atoms with E-state index in [1.54, 1.807) is 18.5 Å². The second-order valence-electron chi connectivity index (χ2n) is 6.45. The molecule has 5 rings (SSSR count). The molecule has 0 bridgehead atoms. The zero-order valence-electron chi connectivity index (χ0n) is 15.1. The lowest BCUT2D eigenvalue weighted by molar-refractivity contribution is -0.667. The summed E-state index contributed by atoms with van der Waals surface area (Å²) in [5.74, 6) is 0.588. The van der Waals surface area contributed by atoms with Gasteiger partial charge in [-0.1, -0.05) is 59.8 Å². The van der Waals surface area contributed by atoms with E-state index in [0.717, 1.165) is 16.7 Å². The molecule has 0 atom stereocenters. The van der Waals surface area contributed by atoms with Crippen LogP contribution in [-0.4, -0.2) is 29.5 Å². The minimum Gasteiger partial charge on any atom is -0.307 e. The van der Waals surface area contributed by atoms with E-state index in [9.17, 15) is 0 Å². The van der Waals surface area contributed by atoms with Crippen LogP contribution < -0.4 is 4.57 Å². The molecule has 5 aromatic rings. The monoisotopic (exact) mass is 367 g/mol. The Hall–Kier alpha value is -3.87. The summed E-state index contributed by atoms with van der Waals surface area (Å²) in [6.45, 7) is 1.26. The van der Waals surface area contributed by atoms with E-state index >= 15 is 0 Å². The molecule has 0 saturated heterocycles. The Morgan fingerprint density at radius 3 is 2.54 bits per heavy atom. The molecule has 136 valence electrons. The van der Waals surface area contributed by atoms with Crippen LogP contribution in [0.4, 0.5) is 0 Å². The fourth-order valence-electron chi connectivity index (χ4n) is 3.21. The van der Waals surface area contributed by atoms with Gasteiger partial charge in [0.2, 0.25) is 12.3 Å². The SMILES string of the molecule is [c-]1n(-c2ncccn2)c2ccccc2[n+]1Cc1cn(Cc2ccccc2)nn1. The largest absolute Gasteiger partial charge is 0.307 e. The summed E-state index contributed by atoms with van der Waals surface area (Å²) in [5.41, 5.74) is 4.09. The number of benzene rings is 2. The Labute approximate surface area is 161 Å². The Bertz CT molecular complexity index is 1210. The van der Waals surface area contributed by atoms with E-state index in [-0.39, 0.29) is 0 Å². The second kappa shape index (κ2) is 7.03. The van der Waals surface area contributed by atoms with E-state index in [1.165, 1.54) is 5.56 Å². The molecule has 3 heterocycles. The molecule has 2 aromatic carbocycles. The minimum atomic E-state index is 0.565. The summed E-state index contributed by atoms with van der Waals surface area (Å²) in [6, 6.07) is 20.1. The number of imidazole rings is 1. The molecule has 0 amide bonds. The molecule has 0 spiro atoms. The molecular weight excluding hydrogens is 350 g/mol. The normalized spacial score (nSPS) is 11.1. The van der Waals surface area contributed by atoms with E-state index in [1.807, 2.05) is 56.4 Å². The third-order valence-electron chi connectivity index (χ3n) is 4.48. The molecule has 0 aliphatic carbocycles. The Kier molecular flexibility index (Phi) is 4.10. The predicted octanol–water partition coefficient (Wildman–Crippen LogP) is 2.20. The molecule has 0 aliphatic heterocycles. The molecule has 0 saturated carbocycles. The second-order valence-corrected chi connectivity index (χ2v) is 6.45. The van der Waals surface area contributed by atoms with Crippen molar-refractivity contribution in [3.8, 4) is 5.95 Å². The highest BCUT2D eigenvalue weighted by atomic mass is 15.4. The van der Waals surface area contributed by atoms with Gasteiger partial charge in [-0.05, 0) is 11.6 Å². The van der Waals surface area contributed by atoms with Gasteiger partial charge in [-0.25, -0.2) is 14.6 Å². The van der Waals surface area contributed by atoms with Crippen LogP contribution in [0.15, 0.2) is 79.3 Å². The zero-order valence-corrected chi connectivity index (χ0v) is 15.1. The van der Waals surface area contributed by atoms with Crippen LogP contribution in [0.2, 0.25) is 0 Å². The summed E-state index contributed by atoms with van der Waals surface area (Å²) in [4.78, 5) is 8.69. The Morgan fingerprint density at radius 1 is 0.893 bits per heavy atom. The third kappa shape index (κ3) is 3.14. The van der Waals surface area contributed by atoms with Crippen LogP contribution in [0, 0.1) is 6.33 Å². The first-order chi connectivity index (χ1) is 13.9. The fourth-order valence-corrected chi connectivity index (χ4v) is 3.21. The van der Waals surface area contributed by atoms with Crippen molar-refractivity contribution in [2.45, 2.75) is 13.1 Å². The number of hydrogen-bond donors (Lipinski definition) is 0. The van der Waals surface area contributed by atoms with Crippen molar-refractivity contribution < 1.29 is 4.57 Å². The summed E-state index contributed by atoms with van der Waals surface area (Å²) < 4.78 is 5.73. The highest BCUT2D eigenvalue weighted by Crippen LogP contribution is 2.14. The average molecular weight is 367 g/mol. The van der Waals surface area contributed by atoms with Gasteiger partial charge in [-0.3, -0.25) is 4.57 Å². The highest BCUT2D eigenvalue weighted by Gasteiger charge is 2.12. The van der Waals surface area contributed by atoms with E-state index in [4.69, 9.17) is 0 Å². The number of aromatic nitrogens is 7. The van der Waals surface area contributed by atoms with Crippen LogP contribution >= 0.6 is 0 Å². The maximum Gasteiger partial charge on any atom is 0.247 e. The number of nitrogens with zero attached hydrogens (tertiary/aromatic N) is 7. The van der Waals surface area contributed by atoms with Crippen LogP contribution in [-0.2, 0) is 13.1 Å². The zero-order chi connectivity index (χ0) is 18.8. The molecular formula is C21H17N7. The third-order valence-corrected chi connectivity index (χ3v) is 4.48. The van der Waals surface area contributed by atoms with E-state index in [0.29, 0.717) is 19.0 Å². The van der Waals surface area contributed by atoms with Gasteiger partial charge in [-0.2, -0.15) is 0 Å². The van der Waals surface area contributed by atoms with Crippen molar-refractivity contribution in [3.63, 3.8) is 0 Å². The summed E-state index contributed by atoms with van der Waals surface area (Å²) in [5, 5.41) is 8.59. The van der Waals surface area contributed by atoms with Crippen LogP contribution in [0.1, 0.15) is 11.3 Å². The van der Waals surface area contributed by atoms with E-state index in [2.05, 4.69) is 44.8 Å². The quantitative estimate of drug-likeness (QED) is 0.353. The molecule has 0 aliphatic rings. The smallest absolute Gasteiger partial charge is 0.247 e. The van der Waals surface area contributed by atoms with Gasteiger partial charge in [0.15, 0.2) is 0 Å². The van der Waals surface area contributed by atoms with Gasteiger partial charge in [0.25, 0.3) is 0 Å². The topological polar surface area (TPSA) is 65.3 Å². The minimum absolute atomic E-state index is 0.565. The maximum atomic E-state index is 4.35. The highest BCUT2D eigenvalue weighted by molar-refractivity contribution is 5.73. The number of para-hydroxylation sites is 2. The first kappa shape index (κ1) is 16.3. The van der Waals surface area contributed by atoms with Gasteiger partial charge in [0.05, 0.1) is 23.8 Å². The van der Waals surface area contributed by atoms with Gasteiger partial charge in [0.1, 0.15) is 12.2 Å². The van der Waals surface area contributed by atoms with Crippen molar-refractivity contribution in [1.82, 2.24) is 29.5 Å². The predicted molar refractivity (Wildman–Crippen MR) is 103 cm³/mol. The molecule has 0 fully saturated rings. The first-order valence-corrected chi connectivity index (χ1v) is 9.00. The van der Waals surface area contributed by atoms with Gasteiger partial charge < -0.3 is 4.57 Å². The van der Waals surface area contributed by atoms with Crippen LogP contribution in [0.3, 0.4) is 0 Å². The molecule has 28 heavy (non-hydrogen) atoms. The molecule has 7 nitrogen and oxygen atoms in total. The van der Waals surface area contributed by atoms with Gasteiger partial charge in [-0.15, -0.1) is 5.10 Å². The summed E-state index contributed by atoms with van der Waals surface area (Å²) in [6.07, 6.45) is 8.77. The molecule has 0 unspecified atom stereocenters. The van der Waals surface area contributed by atoms with Crippen molar-refractivity contribution in [2.75, 3.05) is 0 Å². The summed E-state index contributed by atoms with van der Waals surface area (Å²) >= 11 is 0.